The molecule has 0 aliphatic carbocycles. The van der Waals surface area contributed by atoms with Crippen LogP contribution in [0.5, 0.6) is 0 Å². The normalized spacial score (nSPS) is 12.4. The summed E-state index contributed by atoms with van der Waals surface area (Å²) in [4.78, 5) is 0. The molecule has 1 unspecified atom stereocenters. The van der Waals surface area contributed by atoms with E-state index in [1.165, 1.54) is 12.1 Å². The van der Waals surface area contributed by atoms with E-state index in [0.717, 1.165) is 21.2 Å². The lowest BCUT2D eigenvalue weighted by molar-refractivity contribution is 0.617. The van der Waals surface area contributed by atoms with Crippen molar-refractivity contribution in [2.24, 2.45) is 5.73 Å². The Hall–Kier alpha value is -1.19. The van der Waals surface area contributed by atoms with Crippen molar-refractivity contribution in [3.8, 4) is 0 Å². The second-order valence-corrected chi connectivity index (χ2v) is 5.42. The highest BCUT2D eigenvalue weighted by Crippen LogP contribution is 2.20. The summed E-state index contributed by atoms with van der Waals surface area (Å²) >= 11 is 3.43. The van der Waals surface area contributed by atoms with Crippen LogP contribution >= 0.6 is 15.9 Å². The minimum atomic E-state index is -0.227. The fraction of sp³-hybridized carbons (Fsp3) is 0.200. The molecule has 0 spiro atoms. The molecule has 94 valence electrons. The second kappa shape index (κ2) is 5.63. The maximum absolute atomic E-state index is 13.3. The van der Waals surface area contributed by atoms with E-state index < -0.39 is 0 Å². The summed E-state index contributed by atoms with van der Waals surface area (Å²) in [6.45, 7) is 1.87. The van der Waals surface area contributed by atoms with Crippen molar-refractivity contribution in [1.29, 1.82) is 0 Å². The Bertz CT molecular complexity index is 534. The predicted molar refractivity (Wildman–Crippen MR) is 75.9 cm³/mol. The first-order valence-corrected chi connectivity index (χ1v) is 6.61. The lowest BCUT2D eigenvalue weighted by atomic mass is 9.98. The lowest BCUT2D eigenvalue weighted by Crippen LogP contribution is -2.13. The van der Waals surface area contributed by atoms with Gasteiger partial charge in [-0.05, 0) is 54.3 Å². The second-order valence-electron chi connectivity index (χ2n) is 4.50. The van der Waals surface area contributed by atoms with Gasteiger partial charge in [0.2, 0.25) is 0 Å². The first-order valence-electron chi connectivity index (χ1n) is 5.82. The van der Waals surface area contributed by atoms with Gasteiger partial charge in [0, 0.05) is 10.5 Å². The van der Waals surface area contributed by atoms with Crippen LogP contribution in [0.25, 0.3) is 0 Å². The van der Waals surface area contributed by atoms with Crippen molar-refractivity contribution < 1.29 is 4.39 Å². The molecule has 18 heavy (non-hydrogen) atoms. The number of aryl methyl sites for hydroxylation is 1. The molecule has 0 fully saturated rings. The molecule has 1 atom stereocenters. The van der Waals surface area contributed by atoms with Crippen LogP contribution in [0.1, 0.15) is 22.7 Å². The van der Waals surface area contributed by atoms with Crippen LogP contribution in [0.2, 0.25) is 0 Å². The van der Waals surface area contributed by atoms with Gasteiger partial charge in [-0.25, -0.2) is 4.39 Å². The first kappa shape index (κ1) is 13.2. The molecule has 0 aliphatic rings. The Morgan fingerprint density at radius 1 is 1.22 bits per heavy atom. The number of hydrogen-bond acceptors (Lipinski definition) is 1. The molecular formula is C15H15BrFN. The molecule has 1 nitrogen and oxygen atoms in total. The van der Waals surface area contributed by atoms with E-state index >= 15 is 0 Å². The predicted octanol–water partition coefficient (Wildman–Crippen LogP) is 4.14. The maximum atomic E-state index is 13.3. The highest BCUT2D eigenvalue weighted by molar-refractivity contribution is 9.10. The molecule has 2 N–H and O–H groups in total. The van der Waals surface area contributed by atoms with Crippen molar-refractivity contribution in [2.75, 3.05) is 0 Å². The molecule has 2 aromatic carbocycles. The van der Waals surface area contributed by atoms with E-state index in [-0.39, 0.29) is 11.9 Å². The summed E-state index contributed by atoms with van der Waals surface area (Å²) in [7, 11) is 0. The Balaban J connectivity index is 2.19. The molecular weight excluding hydrogens is 293 g/mol. The van der Waals surface area contributed by atoms with E-state index in [9.17, 15) is 4.39 Å². The van der Waals surface area contributed by atoms with Crippen LogP contribution in [0.3, 0.4) is 0 Å². The first-order chi connectivity index (χ1) is 8.54. The summed E-state index contributed by atoms with van der Waals surface area (Å²) in [6.07, 6.45) is 0.697. The van der Waals surface area contributed by atoms with Gasteiger partial charge in [-0.2, -0.15) is 0 Å². The van der Waals surface area contributed by atoms with Gasteiger partial charge >= 0.3 is 0 Å². The molecule has 0 aliphatic heterocycles. The van der Waals surface area contributed by atoms with Gasteiger partial charge in [0.1, 0.15) is 5.82 Å². The molecule has 3 heteroatoms. The molecule has 0 saturated carbocycles. The third-order valence-corrected chi connectivity index (χ3v) is 3.33. The molecule has 0 bridgehead atoms. The van der Waals surface area contributed by atoms with Gasteiger partial charge in [0.15, 0.2) is 0 Å². The fourth-order valence-electron chi connectivity index (χ4n) is 2.01. The summed E-state index contributed by atoms with van der Waals surface area (Å²) in [5, 5.41) is 0. The SMILES string of the molecule is Cc1cc(F)cc(C(N)Cc2cccc(Br)c2)c1. The minimum absolute atomic E-state index is 0.186. The van der Waals surface area contributed by atoms with Crippen LogP contribution < -0.4 is 5.73 Å². The van der Waals surface area contributed by atoms with Crippen LogP contribution in [0.15, 0.2) is 46.9 Å². The van der Waals surface area contributed by atoms with Gasteiger partial charge in [-0.3, -0.25) is 0 Å². The zero-order valence-corrected chi connectivity index (χ0v) is 11.7. The Morgan fingerprint density at radius 2 is 2.00 bits per heavy atom. The van der Waals surface area contributed by atoms with Gasteiger partial charge in [-0.15, -0.1) is 0 Å². The monoisotopic (exact) mass is 307 g/mol. The Morgan fingerprint density at radius 3 is 2.67 bits per heavy atom. The summed E-state index contributed by atoms with van der Waals surface area (Å²) in [5.74, 6) is -0.227. The van der Waals surface area contributed by atoms with E-state index in [1.54, 1.807) is 0 Å². The minimum Gasteiger partial charge on any atom is -0.324 e. The standard InChI is InChI=1S/C15H15BrFN/c1-10-5-12(9-14(17)6-10)15(18)8-11-3-2-4-13(16)7-11/h2-7,9,15H,8,18H2,1H3. The average molecular weight is 308 g/mol. The van der Waals surface area contributed by atoms with E-state index in [4.69, 9.17) is 5.73 Å². The highest BCUT2D eigenvalue weighted by Gasteiger charge is 2.09. The summed E-state index contributed by atoms with van der Waals surface area (Å²) < 4.78 is 14.4. The van der Waals surface area contributed by atoms with Crippen molar-refractivity contribution in [3.63, 3.8) is 0 Å². The zero-order valence-electron chi connectivity index (χ0n) is 10.2. The van der Waals surface area contributed by atoms with E-state index in [0.29, 0.717) is 6.42 Å². The van der Waals surface area contributed by atoms with Crippen molar-refractivity contribution >= 4 is 15.9 Å². The van der Waals surface area contributed by atoms with Gasteiger partial charge in [0.05, 0.1) is 0 Å². The average Bonchev–Trinajstić information content (AvgIpc) is 2.27. The van der Waals surface area contributed by atoms with E-state index in [2.05, 4.69) is 15.9 Å². The van der Waals surface area contributed by atoms with Gasteiger partial charge in [0.25, 0.3) is 0 Å². The molecule has 0 saturated heterocycles. The summed E-state index contributed by atoms with van der Waals surface area (Å²) in [5.41, 5.74) is 9.01. The molecule has 2 rings (SSSR count). The quantitative estimate of drug-likeness (QED) is 0.906. The van der Waals surface area contributed by atoms with Crippen molar-refractivity contribution in [3.05, 3.63) is 69.4 Å². The number of halogens is 2. The largest absolute Gasteiger partial charge is 0.324 e. The van der Waals surface area contributed by atoms with E-state index in [1.807, 2.05) is 37.3 Å². The lowest BCUT2D eigenvalue weighted by Gasteiger charge is -2.13. The van der Waals surface area contributed by atoms with Crippen LogP contribution in [0.4, 0.5) is 4.39 Å². The smallest absolute Gasteiger partial charge is 0.123 e. The zero-order chi connectivity index (χ0) is 13.1. The number of benzene rings is 2. The number of rotatable bonds is 3. The van der Waals surface area contributed by atoms with Gasteiger partial charge < -0.3 is 5.73 Å². The molecule has 2 aromatic rings. The van der Waals surface area contributed by atoms with Crippen LogP contribution in [-0.4, -0.2) is 0 Å². The number of hydrogen-bond donors (Lipinski definition) is 1. The maximum Gasteiger partial charge on any atom is 0.123 e. The number of nitrogens with two attached hydrogens (primary N) is 1. The molecule has 0 amide bonds. The Kier molecular flexibility index (Phi) is 4.15. The van der Waals surface area contributed by atoms with Crippen LogP contribution in [-0.2, 0) is 6.42 Å². The fourth-order valence-corrected chi connectivity index (χ4v) is 2.46. The highest BCUT2D eigenvalue weighted by atomic mass is 79.9. The van der Waals surface area contributed by atoms with Gasteiger partial charge in [-0.1, -0.05) is 34.1 Å². The summed E-state index contributed by atoms with van der Waals surface area (Å²) in [6, 6.07) is 12.8. The van der Waals surface area contributed by atoms with Crippen LogP contribution in [0, 0.1) is 12.7 Å². The Labute approximate surface area is 115 Å². The van der Waals surface area contributed by atoms with Crippen molar-refractivity contribution in [1.82, 2.24) is 0 Å². The third-order valence-electron chi connectivity index (χ3n) is 2.84. The third kappa shape index (κ3) is 3.40. The molecule has 0 aromatic heterocycles. The van der Waals surface area contributed by atoms with Crippen molar-refractivity contribution in [2.45, 2.75) is 19.4 Å². The topological polar surface area (TPSA) is 26.0 Å². The molecule has 0 heterocycles. The molecule has 0 radical (unpaired) electrons.